The van der Waals surface area contributed by atoms with Gasteiger partial charge in [-0.1, -0.05) is 6.08 Å². The average Bonchev–Trinajstić information content (AvgIpc) is 2.94. The van der Waals surface area contributed by atoms with Gasteiger partial charge in [0.1, 0.15) is 5.60 Å². The molecule has 1 spiro atoms. The van der Waals surface area contributed by atoms with Gasteiger partial charge in [0.15, 0.2) is 11.2 Å². The van der Waals surface area contributed by atoms with Crippen LogP contribution in [0.4, 0.5) is 0 Å². The zero-order valence-corrected chi connectivity index (χ0v) is 12.8. The van der Waals surface area contributed by atoms with Crippen LogP contribution in [0.2, 0.25) is 0 Å². The van der Waals surface area contributed by atoms with E-state index < -0.39 is 23.0 Å². The number of hydrogen-bond acceptors (Lipinski definition) is 6. The van der Waals surface area contributed by atoms with Crippen LogP contribution in [-0.2, 0) is 28.6 Å². The highest BCUT2D eigenvalue weighted by Gasteiger charge is 2.69. The molecule has 2 aliphatic heterocycles. The van der Waals surface area contributed by atoms with Gasteiger partial charge >= 0.3 is 11.9 Å². The van der Waals surface area contributed by atoms with Gasteiger partial charge < -0.3 is 14.2 Å². The Hall–Kier alpha value is -1.69. The average molecular weight is 308 g/mol. The van der Waals surface area contributed by atoms with Crippen molar-refractivity contribution >= 4 is 17.7 Å². The minimum absolute atomic E-state index is 0.0159. The quantitative estimate of drug-likeness (QED) is 0.573. The van der Waals surface area contributed by atoms with Crippen LogP contribution in [0, 0.1) is 11.3 Å². The largest absolute Gasteiger partial charge is 0.465 e. The van der Waals surface area contributed by atoms with E-state index in [1.165, 1.54) is 6.08 Å². The first-order chi connectivity index (χ1) is 10.5. The molecule has 0 unspecified atom stereocenters. The zero-order chi connectivity index (χ0) is 16.0. The highest BCUT2D eigenvalue weighted by Crippen LogP contribution is 2.58. The SMILES string of the molecule is CCOC(=O)C1(C(=O)OCC)C[C@H]2C[C@H]3C=CC(=O)[C@@]2(C1)O3. The Labute approximate surface area is 128 Å². The summed E-state index contributed by atoms with van der Waals surface area (Å²) >= 11 is 0. The van der Waals surface area contributed by atoms with Crippen molar-refractivity contribution < 1.29 is 28.6 Å². The number of carbonyl (C=O) groups excluding carboxylic acids is 3. The summed E-state index contributed by atoms with van der Waals surface area (Å²) in [6.45, 7) is 3.72. The minimum atomic E-state index is -1.43. The minimum Gasteiger partial charge on any atom is -0.465 e. The Morgan fingerprint density at radius 2 is 1.91 bits per heavy atom. The van der Waals surface area contributed by atoms with Gasteiger partial charge in [0.25, 0.3) is 0 Å². The zero-order valence-electron chi connectivity index (χ0n) is 12.8. The summed E-state index contributed by atoms with van der Waals surface area (Å²) in [5.41, 5.74) is -2.50. The fraction of sp³-hybridized carbons (Fsp3) is 0.688. The van der Waals surface area contributed by atoms with Crippen molar-refractivity contribution in [2.45, 2.75) is 44.8 Å². The van der Waals surface area contributed by atoms with Crippen molar-refractivity contribution in [1.82, 2.24) is 0 Å². The third-order valence-electron chi connectivity index (χ3n) is 4.91. The predicted octanol–water partition coefficient (Wildman–Crippen LogP) is 1.18. The van der Waals surface area contributed by atoms with Gasteiger partial charge in [-0.15, -0.1) is 0 Å². The molecule has 0 aromatic rings. The summed E-state index contributed by atoms with van der Waals surface area (Å²) in [4.78, 5) is 37.3. The van der Waals surface area contributed by atoms with Gasteiger partial charge in [0.2, 0.25) is 0 Å². The molecule has 1 saturated carbocycles. The number of ketones is 1. The lowest BCUT2D eigenvalue weighted by Gasteiger charge is -2.31. The molecular formula is C16H20O6. The molecule has 0 aromatic carbocycles. The molecule has 3 aliphatic rings. The van der Waals surface area contributed by atoms with E-state index in [9.17, 15) is 14.4 Å². The van der Waals surface area contributed by atoms with Crippen LogP contribution in [0.5, 0.6) is 0 Å². The van der Waals surface area contributed by atoms with Crippen molar-refractivity contribution in [3.8, 4) is 0 Å². The third kappa shape index (κ3) is 1.93. The molecule has 0 N–H and O–H groups in total. The summed E-state index contributed by atoms with van der Waals surface area (Å²) in [6, 6.07) is 0. The van der Waals surface area contributed by atoms with E-state index in [0.29, 0.717) is 6.42 Å². The van der Waals surface area contributed by atoms with E-state index >= 15 is 0 Å². The van der Waals surface area contributed by atoms with Crippen LogP contribution in [0.25, 0.3) is 0 Å². The second kappa shape index (κ2) is 5.19. The number of carbonyl (C=O) groups is 3. The molecule has 3 atom stereocenters. The van der Waals surface area contributed by atoms with Crippen LogP contribution >= 0.6 is 0 Å². The van der Waals surface area contributed by atoms with E-state index in [2.05, 4.69) is 0 Å². The third-order valence-corrected chi connectivity index (χ3v) is 4.91. The molecule has 1 saturated heterocycles. The molecule has 6 heteroatoms. The molecular weight excluding hydrogens is 288 g/mol. The number of ether oxygens (including phenoxy) is 3. The summed E-state index contributed by atoms with van der Waals surface area (Å²) in [5, 5.41) is 0. The predicted molar refractivity (Wildman–Crippen MR) is 74.8 cm³/mol. The van der Waals surface area contributed by atoms with E-state index in [4.69, 9.17) is 14.2 Å². The first kappa shape index (κ1) is 15.2. The van der Waals surface area contributed by atoms with Crippen LogP contribution in [0.1, 0.15) is 33.1 Å². The first-order valence-corrected chi connectivity index (χ1v) is 7.73. The molecule has 22 heavy (non-hydrogen) atoms. The topological polar surface area (TPSA) is 78.9 Å². The molecule has 0 aromatic heterocycles. The molecule has 120 valence electrons. The molecule has 2 heterocycles. The second-order valence-corrected chi connectivity index (χ2v) is 6.11. The van der Waals surface area contributed by atoms with Gasteiger partial charge in [0, 0.05) is 6.42 Å². The van der Waals surface area contributed by atoms with E-state index in [1.807, 2.05) is 0 Å². The Kier molecular flexibility index (Phi) is 3.59. The van der Waals surface area contributed by atoms with E-state index in [-0.39, 0.29) is 43.9 Å². The Balaban J connectivity index is 1.97. The number of esters is 2. The summed E-state index contributed by atoms with van der Waals surface area (Å²) in [5.74, 6) is -1.55. The fourth-order valence-electron chi connectivity index (χ4n) is 3.99. The van der Waals surface area contributed by atoms with E-state index in [1.54, 1.807) is 19.9 Å². The molecule has 3 rings (SSSR count). The summed E-state index contributed by atoms with van der Waals surface area (Å²) in [6.07, 6.45) is 4.06. The maximum Gasteiger partial charge on any atom is 0.323 e. The van der Waals surface area contributed by atoms with Crippen molar-refractivity contribution in [2.75, 3.05) is 13.2 Å². The normalized spacial score (nSPS) is 34.4. The standard InChI is InChI=1S/C16H20O6/c1-3-20-13(18)15(14(19)21-4-2)8-10-7-11-5-6-12(17)16(10,9-15)22-11/h5-6,10-11H,3-4,7-9H2,1-2H3/t10-,11-,16+/m1/s1. The van der Waals surface area contributed by atoms with Crippen LogP contribution in [0.15, 0.2) is 12.2 Å². The van der Waals surface area contributed by atoms with Crippen molar-refractivity contribution in [3.05, 3.63) is 12.2 Å². The lowest BCUT2D eigenvalue weighted by molar-refractivity contribution is -0.174. The summed E-state index contributed by atoms with van der Waals surface area (Å²) in [7, 11) is 0. The van der Waals surface area contributed by atoms with Gasteiger partial charge in [-0.3, -0.25) is 14.4 Å². The van der Waals surface area contributed by atoms with Gasteiger partial charge in [-0.05, 0) is 38.7 Å². The molecule has 6 nitrogen and oxygen atoms in total. The molecule has 0 amide bonds. The monoisotopic (exact) mass is 308 g/mol. The highest BCUT2D eigenvalue weighted by molar-refractivity contribution is 6.05. The number of hydrogen-bond donors (Lipinski definition) is 0. The molecule has 0 radical (unpaired) electrons. The second-order valence-electron chi connectivity index (χ2n) is 6.11. The van der Waals surface area contributed by atoms with Crippen molar-refractivity contribution in [3.63, 3.8) is 0 Å². The molecule has 2 fully saturated rings. The highest BCUT2D eigenvalue weighted by atomic mass is 16.6. The van der Waals surface area contributed by atoms with Gasteiger partial charge in [-0.25, -0.2) is 0 Å². The fourth-order valence-corrected chi connectivity index (χ4v) is 3.99. The Morgan fingerprint density at radius 1 is 1.27 bits per heavy atom. The summed E-state index contributed by atoms with van der Waals surface area (Å²) < 4.78 is 16.1. The number of rotatable bonds is 4. The van der Waals surface area contributed by atoms with Crippen LogP contribution in [0.3, 0.4) is 0 Å². The maximum atomic E-state index is 12.5. The van der Waals surface area contributed by atoms with Gasteiger partial charge in [-0.2, -0.15) is 0 Å². The van der Waals surface area contributed by atoms with Crippen molar-refractivity contribution in [1.29, 1.82) is 0 Å². The van der Waals surface area contributed by atoms with Crippen LogP contribution in [-0.4, -0.2) is 42.6 Å². The Morgan fingerprint density at radius 3 is 2.50 bits per heavy atom. The molecule has 2 bridgehead atoms. The van der Waals surface area contributed by atoms with Crippen LogP contribution < -0.4 is 0 Å². The lowest BCUT2D eigenvalue weighted by atomic mass is 9.82. The van der Waals surface area contributed by atoms with E-state index in [0.717, 1.165) is 0 Å². The van der Waals surface area contributed by atoms with Crippen molar-refractivity contribution in [2.24, 2.45) is 11.3 Å². The first-order valence-electron chi connectivity index (χ1n) is 7.73. The molecule has 1 aliphatic carbocycles. The Bertz CT molecular complexity index is 533. The lowest BCUT2D eigenvalue weighted by Crippen LogP contribution is -2.46. The maximum absolute atomic E-state index is 12.5. The number of fused-ring (bicyclic) bond motifs is 1. The van der Waals surface area contributed by atoms with Gasteiger partial charge in [0.05, 0.1) is 19.3 Å². The smallest absolute Gasteiger partial charge is 0.323 e.